The second kappa shape index (κ2) is 7.80. The smallest absolute Gasteiger partial charge is 0.242 e. The van der Waals surface area contributed by atoms with Gasteiger partial charge in [-0.2, -0.15) is 0 Å². The molecule has 0 heterocycles. The van der Waals surface area contributed by atoms with Crippen LogP contribution >= 0.6 is 0 Å². The van der Waals surface area contributed by atoms with Gasteiger partial charge in [-0.3, -0.25) is 0 Å². The topological polar surface area (TPSA) is 58.2 Å². The molecule has 120 valence electrons. The normalized spacial score (nSPS) is 12.4. The summed E-state index contributed by atoms with van der Waals surface area (Å²) >= 11 is 0. The summed E-state index contributed by atoms with van der Waals surface area (Å²) in [4.78, 5) is 0.310. The minimum Gasteiger partial charge on any atom is -0.381 e. The van der Waals surface area contributed by atoms with Gasteiger partial charge >= 0.3 is 0 Å². The van der Waals surface area contributed by atoms with Crippen molar-refractivity contribution in [2.75, 3.05) is 12.4 Å². The summed E-state index contributed by atoms with van der Waals surface area (Å²) in [6.45, 7) is 8.74. The van der Waals surface area contributed by atoms with Crippen LogP contribution in [0.15, 0.2) is 29.2 Å². The third kappa shape index (κ3) is 5.67. The number of sulfonamides is 1. The van der Waals surface area contributed by atoms with Crippen molar-refractivity contribution in [3.63, 3.8) is 0 Å². The average molecular weight is 312 g/mol. The highest BCUT2D eigenvalue weighted by Gasteiger charge is 2.19. The van der Waals surface area contributed by atoms with E-state index in [1.54, 1.807) is 12.1 Å². The highest BCUT2D eigenvalue weighted by molar-refractivity contribution is 7.89. The predicted molar refractivity (Wildman–Crippen MR) is 89.0 cm³/mol. The predicted octanol–water partition coefficient (Wildman–Crippen LogP) is 3.47. The van der Waals surface area contributed by atoms with Crippen LogP contribution in [-0.2, 0) is 10.0 Å². The largest absolute Gasteiger partial charge is 0.381 e. The van der Waals surface area contributed by atoms with Gasteiger partial charge in [0.2, 0.25) is 10.0 Å². The van der Waals surface area contributed by atoms with Gasteiger partial charge in [0.1, 0.15) is 4.90 Å². The molecule has 5 heteroatoms. The SMILES string of the molecule is CNS(=O)(=O)c1ccccc1NC(CC(C)C)CC(C)C. The van der Waals surface area contributed by atoms with Crippen LogP contribution in [0.1, 0.15) is 40.5 Å². The van der Waals surface area contributed by atoms with Crippen molar-refractivity contribution in [1.82, 2.24) is 4.72 Å². The van der Waals surface area contributed by atoms with Crippen molar-refractivity contribution in [3.05, 3.63) is 24.3 Å². The molecular weight excluding hydrogens is 284 g/mol. The first kappa shape index (κ1) is 18.0. The van der Waals surface area contributed by atoms with E-state index < -0.39 is 10.0 Å². The van der Waals surface area contributed by atoms with E-state index in [-0.39, 0.29) is 6.04 Å². The molecule has 0 unspecified atom stereocenters. The number of nitrogens with one attached hydrogen (secondary N) is 2. The van der Waals surface area contributed by atoms with Crippen molar-refractivity contribution in [2.24, 2.45) is 11.8 Å². The van der Waals surface area contributed by atoms with Crippen LogP contribution in [0.25, 0.3) is 0 Å². The van der Waals surface area contributed by atoms with E-state index in [0.29, 0.717) is 22.4 Å². The van der Waals surface area contributed by atoms with Gasteiger partial charge in [0.05, 0.1) is 5.69 Å². The van der Waals surface area contributed by atoms with Crippen LogP contribution in [0.3, 0.4) is 0 Å². The molecule has 0 aliphatic carbocycles. The number of hydrogen-bond donors (Lipinski definition) is 2. The summed E-state index contributed by atoms with van der Waals surface area (Å²) in [7, 11) is -2.01. The molecule has 0 atom stereocenters. The van der Waals surface area contributed by atoms with Gasteiger partial charge in [0.15, 0.2) is 0 Å². The summed E-state index contributed by atoms with van der Waals surface area (Å²) in [5.41, 5.74) is 0.679. The molecule has 21 heavy (non-hydrogen) atoms. The van der Waals surface area contributed by atoms with Crippen LogP contribution in [-0.4, -0.2) is 21.5 Å². The zero-order valence-electron chi connectivity index (χ0n) is 13.7. The Morgan fingerprint density at radius 2 is 1.52 bits per heavy atom. The molecule has 0 saturated carbocycles. The Bertz CT molecular complexity index is 529. The van der Waals surface area contributed by atoms with E-state index in [0.717, 1.165) is 12.8 Å². The van der Waals surface area contributed by atoms with E-state index in [1.807, 2.05) is 12.1 Å². The zero-order chi connectivity index (χ0) is 16.0. The lowest BCUT2D eigenvalue weighted by molar-refractivity contribution is 0.441. The summed E-state index contributed by atoms with van der Waals surface area (Å²) < 4.78 is 26.6. The number of benzene rings is 1. The maximum Gasteiger partial charge on any atom is 0.242 e. The molecule has 1 aromatic carbocycles. The number of hydrogen-bond acceptors (Lipinski definition) is 3. The zero-order valence-corrected chi connectivity index (χ0v) is 14.5. The minimum atomic E-state index is -3.44. The van der Waals surface area contributed by atoms with Gasteiger partial charge in [-0.25, -0.2) is 13.1 Å². The van der Waals surface area contributed by atoms with E-state index in [1.165, 1.54) is 7.05 Å². The van der Waals surface area contributed by atoms with Crippen molar-refractivity contribution in [1.29, 1.82) is 0 Å². The van der Waals surface area contributed by atoms with Crippen LogP contribution in [0.4, 0.5) is 5.69 Å². The van der Waals surface area contributed by atoms with Gasteiger partial charge in [-0.1, -0.05) is 39.8 Å². The summed E-state index contributed by atoms with van der Waals surface area (Å²) in [6.07, 6.45) is 2.04. The van der Waals surface area contributed by atoms with Crippen LogP contribution < -0.4 is 10.0 Å². The fourth-order valence-electron chi connectivity index (χ4n) is 2.50. The third-order valence-electron chi connectivity index (χ3n) is 3.32. The first-order chi connectivity index (χ1) is 9.76. The molecule has 0 aliphatic heterocycles. The van der Waals surface area contributed by atoms with Crippen molar-refractivity contribution in [2.45, 2.75) is 51.5 Å². The molecule has 0 saturated heterocycles. The molecule has 0 aromatic heterocycles. The monoisotopic (exact) mass is 312 g/mol. The van der Waals surface area contributed by atoms with E-state index >= 15 is 0 Å². The number of anilines is 1. The number of para-hydroxylation sites is 1. The lowest BCUT2D eigenvalue weighted by Crippen LogP contribution is -2.26. The summed E-state index contributed by atoms with van der Waals surface area (Å²) in [5.74, 6) is 1.13. The lowest BCUT2D eigenvalue weighted by atomic mass is 9.95. The molecule has 0 bridgehead atoms. The molecule has 4 nitrogen and oxygen atoms in total. The highest BCUT2D eigenvalue weighted by atomic mass is 32.2. The van der Waals surface area contributed by atoms with Gasteiger partial charge in [0, 0.05) is 6.04 Å². The third-order valence-corrected chi connectivity index (χ3v) is 4.79. The van der Waals surface area contributed by atoms with Gasteiger partial charge in [-0.15, -0.1) is 0 Å². The Hall–Kier alpha value is -1.07. The van der Waals surface area contributed by atoms with E-state index in [9.17, 15) is 8.42 Å². The fraction of sp³-hybridized carbons (Fsp3) is 0.625. The minimum absolute atomic E-state index is 0.276. The van der Waals surface area contributed by atoms with Crippen molar-refractivity contribution < 1.29 is 8.42 Å². The Morgan fingerprint density at radius 3 is 2.00 bits per heavy atom. The first-order valence-corrected chi connectivity index (χ1v) is 9.03. The molecular formula is C16H28N2O2S. The molecule has 1 aromatic rings. The van der Waals surface area contributed by atoms with Gasteiger partial charge < -0.3 is 5.32 Å². The van der Waals surface area contributed by atoms with E-state index in [4.69, 9.17) is 0 Å². The molecule has 0 amide bonds. The first-order valence-electron chi connectivity index (χ1n) is 7.55. The fourth-order valence-corrected chi connectivity index (χ4v) is 3.40. The number of rotatable bonds is 8. The van der Waals surface area contributed by atoms with Gasteiger partial charge in [0.25, 0.3) is 0 Å². The van der Waals surface area contributed by atoms with Crippen LogP contribution in [0.5, 0.6) is 0 Å². The second-order valence-corrected chi connectivity index (χ2v) is 8.16. The van der Waals surface area contributed by atoms with Crippen molar-refractivity contribution >= 4 is 15.7 Å². The van der Waals surface area contributed by atoms with Gasteiger partial charge in [-0.05, 0) is 43.9 Å². The molecule has 0 radical (unpaired) electrons. The Kier molecular flexibility index (Phi) is 6.68. The molecule has 2 N–H and O–H groups in total. The van der Waals surface area contributed by atoms with Crippen LogP contribution in [0, 0.1) is 11.8 Å². The lowest BCUT2D eigenvalue weighted by Gasteiger charge is -2.24. The Balaban J connectivity index is 3.04. The second-order valence-electron chi connectivity index (χ2n) is 6.30. The Labute approximate surface area is 129 Å². The van der Waals surface area contributed by atoms with Crippen LogP contribution in [0.2, 0.25) is 0 Å². The maximum atomic E-state index is 12.1. The molecule has 0 spiro atoms. The Morgan fingerprint density at radius 1 is 1.00 bits per heavy atom. The summed E-state index contributed by atoms with van der Waals surface area (Å²) in [6, 6.07) is 7.35. The van der Waals surface area contributed by atoms with E-state index in [2.05, 4.69) is 37.7 Å². The quantitative estimate of drug-likeness (QED) is 0.773. The highest BCUT2D eigenvalue weighted by Crippen LogP contribution is 2.24. The molecule has 0 fully saturated rings. The average Bonchev–Trinajstić information content (AvgIpc) is 2.37. The van der Waals surface area contributed by atoms with Crippen molar-refractivity contribution in [3.8, 4) is 0 Å². The summed E-state index contributed by atoms with van der Waals surface area (Å²) in [5, 5.41) is 3.43. The molecule has 1 rings (SSSR count). The standard InChI is InChI=1S/C16H28N2O2S/c1-12(2)10-14(11-13(3)4)18-15-8-6-7-9-16(15)21(19,20)17-5/h6-9,12-14,17-18H,10-11H2,1-5H3. The molecule has 0 aliphatic rings. The maximum absolute atomic E-state index is 12.1.